The minimum Gasteiger partial charge on any atom is -0.394 e. The highest BCUT2D eigenvalue weighted by Crippen LogP contribution is 2.17. The lowest BCUT2D eigenvalue weighted by atomic mass is 10.0. The van der Waals surface area contributed by atoms with Gasteiger partial charge in [-0.05, 0) is 44.9 Å². The first-order valence-electron chi connectivity index (χ1n) is 27.7. The van der Waals surface area contributed by atoms with Crippen LogP contribution in [0.4, 0.5) is 0 Å². The number of aliphatic hydroxyl groups excluding tert-OH is 2. The summed E-state index contributed by atoms with van der Waals surface area (Å²) in [5.74, 6) is -0.0733. The first kappa shape index (κ1) is 59.6. The van der Waals surface area contributed by atoms with Gasteiger partial charge >= 0.3 is 0 Å². The van der Waals surface area contributed by atoms with Gasteiger partial charge in [-0.3, -0.25) is 4.79 Å². The third-order valence-corrected chi connectivity index (χ3v) is 12.9. The molecule has 2 unspecified atom stereocenters. The highest BCUT2D eigenvalue weighted by Gasteiger charge is 2.18. The van der Waals surface area contributed by atoms with Crippen molar-refractivity contribution in [1.82, 2.24) is 5.32 Å². The van der Waals surface area contributed by atoms with Crippen molar-refractivity contribution in [1.29, 1.82) is 0 Å². The molecule has 0 radical (unpaired) electrons. The smallest absolute Gasteiger partial charge is 0.220 e. The van der Waals surface area contributed by atoms with Gasteiger partial charge in [0, 0.05) is 6.42 Å². The molecule has 360 valence electrons. The Hall–Kier alpha value is -1.39. The van der Waals surface area contributed by atoms with E-state index in [-0.39, 0.29) is 12.5 Å². The average Bonchev–Trinajstić information content (AvgIpc) is 3.26. The summed E-state index contributed by atoms with van der Waals surface area (Å²) in [6, 6.07) is -0.643. The van der Waals surface area contributed by atoms with E-state index >= 15 is 0 Å². The summed E-state index contributed by atoms with van der Waals surface area (Å²) in [5.41, 5.74) is 0. The molecule has 61 heavy (non-hydrogen) atoms. The zero-order valence-corrected chi connectivity index (χ0v) is 41.4. The lowest BCUT2D eigenvalue weighted by molar-refractivity contribution is -0.123. The maximum atomic E-state index is 12.4. The fourth-order valence-electron chi connectivity index (χ4n) is 8.63. The minimum absolute atomic E-state index is 0.0733. The molecule has 0 fully saturated rings. The Morgan fingerprint density at radius 3 is 0.951 bits per heavy atom. The van der Waals surface area contributed by atoms with E-state index in [0.717, 1.165) is 38.5 Å². The second-order valence-corrected chi connectivity index (χ2v) is 19.0. The van der Waals surface area contributed by atoms with E-state index in [1.807, 2.05) is 6.08 Å². The van der Waals surface area contributed by atoms with Gasteiger partial charge in [-0.2, -0.15) is 0 Å². The Labute approximate surface area is 382 Å². The average molecular weight is 857 g/mol. The van der Waals surface area contributed by atoms with Gasteiger partial charge in [-0.1, -0.05) is 288 Å². The van der Waals surface area contributed by atoms with Crippen molar-refractivity contribution in [2.75, 3.05) is 6.61 Å². The van der Waals surface area contributed by atoms with E-state index in [9.17, 15) is 15.0 Å². The lowest BCUT2D eigenvalue weighted by Gasteiger charge is -2.19. The van der Waals surface area contributed by atoms with Crippen molar-refractivity contribution in [3.63, 3.8) is 0 Å². The highest BCUT2D eigenvalue weighted by molar-refractivity contribution is 5.76. The molecule has 4 heteroatoms. The molecule has 0 spiro atoms. The van der Waals surface area contributed by atoms with Gasteiger partial charge in [0.05, 0.1) is 18.8 Å². The molecule has 1 amide bonds. The summed E-state index contributed by atoms with van der Waals surface area (Å²) in [6.07, 6.45) is 71.7. The quantitative estimate of drug-likeness (QED) is 0.0422. The number of unbranched alkanes of at least 4 members (excludes halogenated alkanes) is 40. The predicted octanol–water partition coefficient (Wildman–Crippen LogP) is 18.1. The van der Waals surface area contributed by atoms with E-state index in [4.69, 9.17) is 0 Å². The van der Waals surface area contributed by atoms with Gasteiger partial charge in [-0.15, -0.1) is 0 Å². The summed E-state index contributed by atoms with van der Waals surface area (Å²) in [6.45, 7) is 4.33. The molecule has 0 saturated heterocycles. The maximum Gasteiger partial charge on any atom is 0.220 e. The second-order valence-electron chi connectivity index (χ2n) is 19.0. The van der Waals surface area contributed by atoms with Crippen LogP contribution in [0.1, 0.15) is 303 Å². The summed E-state index contributed by atoms with van der Waals surface area (Å²) in [7, 11) is 0. The van der Waals surface area contributed by atoms with Crippen molar-refractivity contribution in [2.24, 2.45) is 0 Å². The Kier molecular flexibility index (Phi) is 51.7. The summed E-state index contributed by atoms with van der Waals surface area (Å²) >= 11 is 0. The largest absolute Gasteiger partial charge is 0.394 e. The number of nitrogens with one attached hydrogen (secondary N) is 1. The maximum absolute atomic E-state index is 12.4. The molecule has 0 aliphatic heterocycles. The lowest BCUT2D eigenvalue weighted by Crippen LogP contribution is -2.45. The number of hydrogen-bond acceptors (Lipinski definition) is 3. The fraction of sp³-hybridized carbons (Fsp3) is 0.877. The topological polar surface area (TPSA) is 69.6 Å². The van der Waals surface area contributed by atoms with Crippen LogP contribution >= 0.6 is 0 Å². The molecule has 0 saturated carbocycles. The van der Waals surface area contributed by atoms with E-state index in [1.54, 1.807) is 6.08 Å². The van der Waals surface area contributed by atoms with Crippen LogP contribution in [0.5, 0.6) is 0 Å². The number of amides is 1. The fourth-order valence-corrected chi connectivity index (χ4v) is 8.63. The van der Waals surface area contributed by atoms with Crippen LogP contribution in [0.2, 0.25) is 0 Å². The number of carbonyl (C=O) groups excluding carboxylic acids is 1. The monoisotopic (exact) mass is 856 g/mol. The van der Waals surface area contributed by atoms with Gasteiger partial charge in [-0.25, -0.2) is 0 Å². The van der Waals surface area contributed by atoms with Crippen LogP contribution in [-0.4, -0.2) is 34.9 Å². The standard InChI is InChI=1S/C57H109NO3/c1-3-5-7-9-11-13-15-17-19-21-23-24-25-26-27-28-29-30-31-32-33-34-35-36-38-40-42-44-46-48-50-52-56(60)55(54-59)58-57(61)53-51-49-47-45-43-41-39-37-22-20-18-16-14-12-10-8-6-4-2/h35-36,42,44,50,52,55-56,59-60H,3-34,37-41,43,45-49,51,53-54H2,1-2H3,(H,58,61)/b36-35+,44-42+,52-50+. The predicted molar refractivity (Wildman–Crippen MR) is 272 cm³/mol. The minimum atomic E-state index is -0.868. The molecule has 2 atom stereocenters. The summed E-state index contributed by atoms with van der Waals surface area (Å²) in [5, 5.41) is 23.1. The zero-order valence-electron chi connectivity index (χ0n) is 41.4. The number of hydrogen-bond donors (Lipinski definition) is 3. The molecule has 4 nitrogen and oxygen atoms in total. The first-order valence-corrected chi connectivity index (χ1v) is 27.7. The number of rotatable bonds is 51. The Morgan fingerprint density at radius 1 is 0.377 bits per heavy atom. The number of allylic oxidation sites excluding steroid dienone is 5. The van der Waals surface area contributed by atoms with E-state index in [1.165, 1.54) is 244 Å². The second kappa shape index (κ2) is 53.0. The molecule has 0 aliphatic rings. The highest BCUT2D eigenvalue weighted by atomic mass is 16.3. The molecule has 0 heterocycles. The Morgan fingerprint density at radius 2 is 0.639 bits per heavy atom. The summed E-state index contributed by atoms with van der Waals surface area (Å²) < 4.78 is 0. The van der Waals surface area contributed by atoms with Gasteiger partial charge in [0.15, 0.2) is 0 Å². The third-order valence-electron chi connectivity index (χ3n) is 12.9. The molecule has 0 aromatic rings. The third kappa shape index (κ3) is 49.5. The Bertz CT molecular complexity index is 928. The van der Waals surface area contributed by atoms with Crippen molar-refractivity contribution < 1.29 is 15.0 Å². The molecular weight excluding hydrogens is 747 g/mol. The molecule has 0 aliphatic carbocycles. The van der Waals surface area contributed by atoms with Crippen molar-refractivity contribution >= 4 is 5.91 Å². The first-order chi connectivity index (χ1) is 30.2. The van der Waals surface area contributed by atoms with Crippen molar-refractivity contribution in [3.8, 4) is 0 Å². The summed E-state index contributed by atoms with van der Waals surface area (Å²) in [4.78, 5) is 12.4. The van der Waals surface area contributed by atoms with E-state index < -0.39 is 12.1 Å². The number of carbonyl (C=O) groups is 1. The molecule has 0 aromatic heterocycles. The van der Waals surface area contributed by atoms with Gasteiger partial charge in [0.1, 0.15) is 0 Å². The van der Waals surface area contributed by atoms with Gasteiger partial charge in [0.2, 0.25) is 5.91 Å². The van der Waals surface area contributed by atoms with Crippen molar-refractivity contribution in [3.05, 3.63) is 36.5 Å². The van der Waals surface area contributed by atoms with Crippen molar-refractivity contribution in [2.45, 2.75) is 315 Å². The molecule has 0 bridgehead atoms. The van der Waals surface area contributed by atoms with Crippen LogP contribution in [0.3, 0.4) is 0 Å². The van der Waals surface area contributed by atoms with Gasteiger partial charge in [0.25, 0.3) is 0 Å². The van der Waals surface area contributed by atoms with Crippen LogP contribution in [0.25, 0.3) is 0 Å². The van der Waals surface area contributed by atoms with Gasteiger partial charge < -0.3 is 15.5 Å². The van der Waals surface area contributed by atoms with Crippen LogP contribution in [-0.2, 0) is 4.79 Å². The molecule has 0 rings (SSSR count). The van der Waals surface area contributed by atoms with Crippen LogP contribution in [0, 0.1) is 0 Å². The molecular formula is C57H109NO3. The molecule has 3 N–H and O–H groups in total. The van der Waals surface area contributed by atoms with E-state index in [0.29, 0.717) is 6.42 Å². The van der Waals surface area contributed by atoms with E-state index in [2.05, 4.69) is 43.5 Å². The van der Waals surface area contributed by atoms with Crippen LogP contribution < -0.4 is 5.32 Å². The molecule has 0 aromatic carbocycles. The van der Waals surface area contributed by atoms with Crippen LogP contribution in [0.15, 0.2) is 36.5 Å². The Balaban J connectivity index is 3.53. The number of aliphatic hydroxyl groups is 2. The normalized spacial score (nSPS) is 13.0. The SMILES string of the molecule is CCCCCCCCCCCCCCCCCCCCCCC/C=C/CC/C=C/CC/C=C/C(O)C(CO)NC(=O)CCCCCCCCCCCCCCCCCCCC. The zero-order chi connectivity index (χ0) is 44.2.